The number of carboxylic acid groups (broad SMARTS) is 1. The van der Waals surface area contributed by atoms with Crippen molar-refractivity contribution in [3.05, 3.63) is 77.7 Å². The molecule has 4 aromatic rings. The molecule has 31 heavy (non-hydrogen) atoms. The van der Waals surface area contributed by atoms with Gasteiger partial charge in [0.15, 0.2) is 5.65 Å². The number of fused-ring (bicyclic) bond motifs is 1. The van der Waals surface area contributed by atoms with Crippen molar-refractivity contribution >= 4 is 17.4 Å². The summed E-state index contributed by atoms with van der Waals surface area (Å²) in [5.74, 6) is 0.0632. The third-order valence-corrected chi connectivity index (χ3v) is 5.85. The molecule has 0 bridgehead atoms. The maximum Gasteiger partial charge on any atom is 0.335 e. The third kappa shape index (κ3) is 3.74. The van der Waals surface area contributed by atoms with E-state index in [0.29, 0.717) is 18.2 Å². The first-order chi connectivity index (χ1) is 15.1. The van der Waals surface area contributed by atoms with E-state index in [4.69, 9.17) is 4.98 Å². The molecule has 4 heterocycles. The standard InChI is InChI=1S/C24H23N5O2/c1-16-5-4-11-28(16)22-9-3-8-20(26-22)14-19-15-21(27-29-12-10-25-23(19)29)17-6-2-7-18(13-17)24(30)31/h2-3,6-10,12-13,15-16H,4-5,11,14H2,1H3,(H,30,31). The molecule has 1 N–H and O–H groups in total. The number of pyridine rings is 1. The number of nitrogens with zero attached hydrogens (tertiary/aromatic N) is 5. The van der Waals surface area contributed by atoms with Gasteiger partial charge < -0.3 is 10.0 Å². The SMILES string of the molecule is CC1CCCN1c1cccc(Cc2cc(-c3cccc(C(=O)O)c3)nn3ccnc23)n1. The smallest absolute Gasteiger partial charge is 0.335 e. The second kappa shape index (κ2) is 7.83. The Morgan fingerprint density at radius 2 is 2.06 bits per heavy atom. The van der Waals surface area contributed by atoms with Gasteiger partial charge in [-0.15, -0.1) is 0 Å². The minimum absolute atomic E-state index is 0.237. The molecule has 0 radical (unpaired) electrons. The summed E-state index contributed by atoms with van der Waals surface area (Å²) < 4.78 is 1.74. The van der Waals surface area contributed by atoms with E-state index in [9.17, 15) is 9.90 Å². The van der Waals surface area contributed by atoms with Crippen LogP contribution in [0.1, 0.15) is 41.4 Å². The van der Waals surface area contributed by atoms with Crippen LogP contribution in [0.5, 0.6) is 0 Å². The molecule has 7 heteroatoms. The second-order valence-corrected chi connectivity index (χ2v) is 7.98. The van der Waals surface area contributed by atoms with E-state index in [1.165, 1.54) is 12.8 Å². The van der Waals surface area contributed by atoms with Crippen LogP contribution >= 0.6 is 0 Å². The molecule has 5 rings (SSSR count). The number of carboxylic acids is 1. The van der Waals surface area contributed by atoms with Crippen molar-refractivity contribution in [2.24, 2.45) is 0 Å². The Balaban J connectivity index is 1.53. The highest BCUT2D eigenvalue weighted by atomic mass is 16.4. The Labute approximate surface area is 180 Å². The van der Waals surface area contributed by atoms with Crippen LogP contribution in [0.4, 0.5) is 5.82 Å². The molecule has 1 aliphatic rings. The van der Waals surface area contributed by atoms with Gasteiger partial charge in [-0.25, -0.2) is 19.3 Å². The van der Waals surface area contributed by atoms with Gasteiger partial charge in [-0.2, -0.15) is 5.10 Å². The summed E-state index contributed by atoms with van der Waals surface area (Å²) >= 11 is 0. The molecule has 0 aliphatic carbocycles. The van der Waals surface area contributed by atoms with Crippen LogP contribution in [-0.4, -0.2) is 43.2 Å². The van der Waals surface area contributed by atoms with Gasteiger partial charge in [-0.3, -0.25) is 0 Å². The van der Waals surface area contributed by atoms with Crippen molar-refractivity contribution in [2.75, 3.05) is 11.4 Å². The lowest BCUT2D eigenvalue weighted by molar-refractivity contribution is 0.0697. The molecule has 0 saturated carbocycles. The molecule has 1 unspecified atom stereocenters. The van der Waals surface area contributed by atoms with Crippen molar-refractivity contribution in [2.45, 2.75) is 32.2 Å². The van der Waals surface area contributed by atoms with Gasteiger partial charge in [0.1, 0.15) is 5.82 Å². The zero-order valence-corrected chi connectivity index (χ0v) is 17.3. The van der Waals surface area contributed by atoms with E-state index >= 15 is 0 Å². The lowest BCUT2D eigenvalue weighted by Crippen LogP contribution is -2.27. The molecule has 156 valence electrons. The largest absolute Gasteiger partial charge is 0.478 e. The predicted molar refractivity (Wildman–Crippen MR) is 118 cm³/mol. The van der Waals surface area contributed by atoms with E-state index in [1.54, 1.807) is 35.1 Å². The number of benzene rings is 1. The summed E-state index contributed by atoms with van der Waals surface area (Å²) in [4.78, 5) is 23.1. The second-order valence-electron chi connectivity index (χ2n) is 7.98. The van der Waals surface area contributed by atoms with Crippen molar-refractivity contribution in [3.63, 3.8) is 0 Å². The number of aromatic nitrogens is 4. The van der Waals surface area contributed by atoms with Gasteiger partial charge in [0.2, 0.25) is 0 Å². The number of aromatic carboxylic acids is 1. The highest BCUT2D eigenvalue weighted by Gasteiger charge is 2.21. The van der Waals surface area contributed by atoms with Crippen LogP contribution in [0.2, 0.25) is 0 Å². The predicted octanol–water partition coefficient (Wildman–Crippen LogP) is 4.07. The van der Waals surface area contributed by atoms with Crippen LogP contribution in [-0.2, 0) is 6.42 Å². The molecular weight excluding hydrogens is 390 g/mol. The topological polar surface area (TPSA) is 83.6 Å². The minimum Gasteiger partial charge on any atom is -0.478 e. The summed E-state index contributed by atoms with van der Waals surface area (Å²) in [5, 5.41) is 14.0. The Morgan fingerprint density at radius 1 is 1.19 bits per heavy atom. The molecule has 1 aromatic carbocycles. The van der Waals surface area contributed by atoms with Gasteiger partial charge in [0.05, 0.1) is 11.3 Å². The highest BCUT2D eigenvalue weighted by molar-refractivity contribution is 5.89. The van der Waals surface area contributed by atoms with Gasteiger partial charge in [-0.05, 0) is 50.1 Å². The lowest BCUT2D eigenvalue weighted by Gasteiger charge is -2.23. The number of anilines is 1. The van der Waals surface area contributed by atoms with Crippen molar-refractivity contribution in [1.82, 2.24) is 19.6 Å². The summed E-state index contributed by atoms with van der Waals surface area (Å²) in [6, 6.07) is 15.5. The van der Waals surface area contributed by atoms with E-state index in [2.05, 4.69) is 34.0 Å². The monoisotopic (exact) mass is 413 g/mol. The zero-order valence-electron chi connectivity index (χ0n) is 17.3. The molecule has 1 fully saturated rings. The maximum absolute atomic E-state index is 11.4. The lowest BCUT2D eigenvalue weighted by atomic mass is 10.0. The highest BCUT2D eigenvalue weighted by Crippen LogP contribution is 2.26. The van der Waals surface area contributed by atoms with Crippen molar-refractivity contribution in [1.29, 1.82) is 0 Å². The first kappa shape index (κ1) is 19.2. The van der Waals surface area contributed by atoms with Crippen LogP contribution in [0.25, 0.3) is 16.9 Å². The molecule has 1 atom stereocenters. The molecule has 3 aromatic heterocycles. The summed E-state index contributed by atoms with van der Waals surface area (Å²) in [5.41, 5.74) is 4.44. The Kier molecular flexibility index (Phi) is 4.86. The van der Waals surface area contributed by atoms with E-state index in [-0.39, 0.29) is 5.56 Å². The van der Waals surface area contributed by atoms with Gasteiger partial charge in [0.25, 0.3) is 0 Å². The van der Waals surface area contributed by atoms with E-state index in [0.717, 1.165) is 34.8 Å². The van der Waals surface area contributed by atoms with Crippen LogP contribution in [0, 0.1) is 0 Å². The van der Waals surface area contributed by atoms with E-state index in [1.807, 2.05) is 18.2 Å². The molecule has 1 saturated heterocycles. The van der Waals surface area contributed by atoms with Crippen molar-refractivity contribution in [3.8, 4) is 11.3 Å². The van der Waals surface area contributed by atoms with Gasteiger partial charge >= 0.3 is 5.97 Å². The van der Waals surface area contributed by atoms with Gasteiger partial charge in [0, 0.05) is 48.2 Å². The molecule has 7 nitrogen and oxygen atoms in total. The Bertz CT molecular complexity index is 1270. The van der Waals surface area contributed by atoms with Crippen LogP contribution < -0.4 is 4.90 Å². The Morgan fingerprint density at radius 3 is 2.87 bits per heavy atom. The fourth-order valence-electron chi connectivity index (χ4n) is 4.26. The number of hydrogen-bond acceptors (Lipinski definition) is 5. The summed E-state index contributed by atoms with van der Waals surface area (Å²) in [7, 11) is 0. The molecular formula is C24H23N5O2. The molecule has 1 aliphatic heterocycles. The quantitative estimate of drug-likeness (QED) is 0.531. The number of imidazole rings is 1. The fraction of sp³-hybridized carbons (Fsp3) is 0.250. The third-order valence-electron chi connectivity index (χ3n) is 5.85. The number of carbonyl (C=O) groups is 1. The maximum atomic E-state index is 11.4. The summed E-state index contributed by atoms with van der Waals surface area (Å²) in [6.45, 7) is 3.29. The first-order valence-corrected chi connectivity index (χ1v) is 10.5. The Hall–Kier alpha value is -3.74. The number of rotatable bonds is 5. The fourth-order valence-corrected chi connectivity index (χ4v) is 4.26. The first-order valence-electron chi connectivity index (χ1n) is 10.5. The van der Waals surface area contributed by atoms with E-state index < -0.39 is 5.97 Å². The molecule has 0 spiro atoms. The van der Waals surface area contributed by atoms with Crippen molar-refractivity contribution < 1.29 is 9.90 Å². The molecule has 0 amide bonds. The minimum atomic E-state index is -0.956. The van der Waals surface area contributed by atoms with Gasteiger partial charge in [-0.1, -0.05) is 18.2 Å². The zero-order chi connectivity index (χ0) is 21.4. The van der Waals surface area contributed by atoms with Crippen LogP contribution in [0.3, 0.4) is 0 Å². The summed E-state index contributed by atoms with van der Waals surface area (Å²) in [6.07, 6.45) is 6.54. The average molecular weight is 413 g/mol. The number of hydrogen-bond donors (Lipinski definition) is 1. The average Bonchev–Trinajstić information content (AvgIpc) is 3.43. The normalized spacial score (nSPS) is 16.2. The van der Waals surface area contributed by atoms with Crippen LogP contribution in [0.15, 0.2) is 60.9 Å².